The molecule has 2 aliphatic carbocycles. The Morgan fingerprint density at radius 2 is 2.00 bits per heavy atom. The molecule has 0 radical (unpaired) electrons. The summed E-state index contributed by atoms with van der Waals surface area (Å²) in [5.41, 5.74) is 6.69. The number of carbonyl (C=O) groups is 1. The Morgan fingerprint density at radius 1 is 1.08 bits per heavy atom. The lowest BCUT2D eigenvalue weighted by Crippen LogP contribution is -2.48. The normalized spacial score (nSPS) is 34.1. The van der Waals surface area contributed by atoms with E-state index in [1.54, 1.807) is 6.21 Å². The van der Waals surface area contributed by atoms with Crippen LogP contribution in [0.4, 0.5) is 5.69 Å². The Bertz CT molecular complexity index is 963. The van der Waals surface area contributed by atoms with Gasteiger partial charge in [-0.05, 0) is 28.3 Å². The van der Waals surface area contributed by atoms with E-state index in [0.29, 0.717) is 0 Å². The monoisotopic (exact) mass is 313 g/mol. The third-order valence-corrected chi connectivity index (χ3v) is 5.77. The van der Waals surface area contributed by atoms with Crippen molar-refractivity contribution in [1.82, 2.24) is 5.32 Å². The van der Waals surface area contributed by atoms with Crippen molar-refractivity contribution in [3.8, 4) is 0 Å². The van der Waals surface area contributed by atoms with E-state index in [2.05, 4.69) is 58.1 Å². The van der Waals surface area contributed by atoms with Crippen LogP contribution in [0.25, 0.3) is 0 Å². The Hall–Kier alpha value is -2.72. The van der Waals surface area contributed by atoms with Crippen molar-refractivity contribution in [3.63, 3.8) is 0 Å². The first kappa shape index (κ1) is 12.7. The summed E-state index contributed by atoms with van der Waals surface area (Å²) in [5.74, 6) is 0.0899. The summed E-state index contributed by atoms with van der Waals surface area (Å²) in [4.78, 5) is 16.7. The maximum Gasteiger partial charge on any atom is 0.277 e. The van der Waals surface area contributed by atoms with Gasteiger partial charge in [0.05, 0.1) is 23.7 Å². The molecule has 2 N–H and O–H groups in total. The van der Waals surface area contributed by atoms with Gasteiger partial charge >= 0.3 is 0 Å². The van der Waals surface area contributed by atoms with Crippen LogP contribution in [-0.4, -0.2) is 30.2 Å². The van der Waals surface area contributed by atoms with Gasteiger partial charge in [-0.2, -0.15) is 0 Å². The van der Waals surface area contributed by atoms with E-state index in [1.807, 2.05) is 6.08 Å². The molecule has 116 valence electrons. The number of allylic oxidation sites excluding steroid dienone is 2. The van der Waals surface area contributed by atoms with Crippen LogP contribution in [0, 0.1) is 0 Å². The predicted octanol–water partition coefficient (Wildman–Crippen LogP) is 2.25. The van der Waals surface area contributed by atoms with E-state index in [-0.39, 0.29) is 30.0 Å². The molecule has 0 spiro atoms. The number of nitrogens with zero attached hydrogens (tertiary/aromatic N) is 1. The van der Waals surface area contributed by atoms with E-state index in [0.717, 1.165) is 16.7 Å². The molecule has 0 aromatic heterocycles. The van der Waals surface area contributed by atoms with Gasteiger partial charge in [0.15, 0.2) is 0 Å². The quantitative estimate of drug-likeness (QED) is 0.772. The zero-order valence-electron chi connectivity index (χ0n) is 12.9. The van der Waals surface area contributed by atoms with Crippen molar-refractivity contribution in [3.05, 3.63) is 76.4 Å². The molecule has 4 nitrogen and oxygen atoms in total. The molecule has 0 saturated carbocycles. The molecule has 6 rings (SSSR count). The maximum absolute atomic E-state index is 12.5. The lowest BCUT2D eigenvalue weighted by atomic mass is 9.73. The van der Waals surface area contributed by atoms with Crippen LogP contribution >= 0.6 is 0 Å². The Morgan fingerprint density at radius 3 is 2.96 bits per heavy atom. The van der Waals surface area contributed by atoms with E-state index < -0.39 is 0 Å². The van der Waals surface area contributed by atoms with Gasteiger partial charge in [0.2, 0.25) is 0 Å². The van der Waals surface area contributed by atoms with E-state index >= 15 is 0 Å². The molecular formula is C20H15N3O. The summed E-state index contributed by atoms with van der Waals surface area (Å²) in [7, 11) is 0. The number of amides is 1. The molecule has 24 heavy (non-hydrogen) atoms. The summed E-state index contributed by atoms with van der Waals surface area (Å²) in [6.45, 7) is 0. The van der Waals surface area contributed by atoms with Gasteiger partial charge in [-0.3, -0.25) is 10.1 Å². The van der Waals surface area contributed by atoms with Crippen LogP contribution in [0.2, 0.25) is 0 Å². The third kappa shape index (κ3) is 1.38. The minimum absolute atomic E-state index is 0.0919. The Balaban J connectivity index is 1.63. The second kappa shape index (κ2) is 4.22. The summed E-state index contributed by atoms with van der Waals surface area (Å²) in [6.07, 6.45) is 10.2. The Labute approximate surface area is 139 Å². The fraction of sp³-hybridized carbons (Fsp3) is 0.200. The number of nitrogens with one attached hydrogen (secondary N) is 2. The highest BCUT2D eigenvalue weighted by atomic mass is 16.1. The van der Waals surface area contributed by atoms with Crippen LogP contribution in [0.1, 0.15) is 11.5 Å². The van der Waals surface area contributed by atoms with E-state index in [4.69, 9.17) is 0 Å². The highest BCUT2D eigenvalue weighted by Crippen LogP contribution is 2.51. The lowest BCUT2D eigenvalue weighted by Gasteiger charge is -2.34. The topological polar surface area (TPSA) is 53.5 Å². The predicted molar refractivity (Wildman–Crippen MR) is 93.1 cm³/mol. The maximum atomic E-state index is 12.5. The van der Waals surface area contributed by atoms with Crippen molar-refractivity contribution < 1.29 is 4.79 Å². The standard InChI is InChI=1S/C20H15N3O/c24-20-17-12(9-21-20)15-10-5-1-3-7-13(10)22-18(15)19-16(17)11-6-2-4-8-14(11)23-19/h1-9,14-15,18-19,22-23H. The smallest absolute Gasteiger partial charge is 0.277 e. The molecule has 3 aliphatic heterocycles. The molecule has 0 bridgehead atoms. The van der Waals surface area contributed by atoms with Crippen LogP contribution in [-0.2, 0) is 4.79 Å². The summed E-state index contributed by atoms with van der Waals surface area (Å²) >= 11 is 0. The SMILES string of the molecule is O=C1N=CC2=C1C1=C3C=CC=CC3NC1C1Nc3ccccc3C21. The molecule has 0 saturated heterocycles. The number of hydrogen-bond donors (Lipinski definition) is 2. The first-order valence-electron chi connectivity index (χ1n) is 8.36. The van der Waals surface area contributed by atoms with Crippen molar-refractivity contribution in [2.24, 2.45) is 4.99 Å². The summed E-state index contributed by atoms with van der Waals surface area (Å²) in [5, 5.41) is 7.41. The van der Waals surface area contributed by atoms with E-state index in [1.165, 1.54) is 16.8 Å². The van der Waals surface area contributed by atoms with Gasteiger partial charge in [0.1, 0.15) is 0 Å². The van der Waals surface area contributed by atoms with E-state index in [9.17, 15) is 4.79 Å². The van der Waals surface area contributed by atoms with Crippen LogP contribution in [0.3, 0.4) is 0 Å². The van der Waals surface area contributed by atoms with Crippen LogP contribution in [0.15, 0.2) is 75.9 Å². The average Bonchev–Trinajstić information content (AvgIpc) is 3.27. The minimum atomic E-state index is -0.0919. The molecule has 4 atom stereocenters. The molecule has 4 heteroatoms. The van der Waals surface area contributed by atoms with Gasteiger partial charge in [0, 0.05) is 17.8 Å². The summed E-state index contributed by atoms with van der Waals surface area (Å²) < 4.78 is 0. The molecule has 1 aromatic carbocycles. The third-order valence-electron chi connectivity index (χ3n) is 5.77. The molecule has 4 unspecified atom stereocenters. The first-order chi connectivity index (χ1) is 11.8. The molecule has 0 fully saturated rings. The summed E-state index contributed by atoms with van der Waals surface area (Å²) in [6, 6.07) is 8.93. The lowest BCUT2D eigenvalue weighted by molar-refractivity contribution is -0.114. The van der Waals surface area contributed by atoms with Gasteiger partial charge in [0.25, 0.3) is 5.91 Å². The second-order valence-corrected chi connectivity index (χ2v) is 6.86. The molecule has 1 aromatic rings. The minimum Gasteiger partial charge on any atom is -0.379 e. The van der Waals surface area contributed by atoms with Gasteiger partial charge in [-0.25, -0.2) is 4.99 Å². The zero-order chi connectivity index (χ0) is 15.8. The number of benzene rings is 1. The van der Waals surface area contributed by atoms with Gasteiger partial charge in [-0.15, -0.1) is 0 Å². The largest absolute Gasteiger partial charge is 0.379 e. The van der Waals surface area contributed by atoms with Gasteiger partial charge in [-0.1, -0.05) is 42.5 Å². The number of carbonyl (C=O) groups excluding carboxylic acids is 1. The highest BCUT2D eigenvalue weighted by Gasteiger charge is 2.52. The number of fused-ring (bicyclic) bond motifs is 8. The molecule has 1 amide bonds. The first-order valence-corrected chi connectivity index (χ1v) is 8.36. The fourth-order valence-corrected chi connectivity index (χ4v) is 4.86. The number of anilines is 1. The zero-order valence-corrected chi connectivity index (χ0v) is 12.9. The molecular weight excluding hydrogens is 298 g/mol. The number of aliphatic imine (C=N–C) groups is 1. The average molecular weight is 313 g/mol. The number of para-hydroxylation sites is 1. The van der Waals surface area contributed by atoms with Crippen LogP contribution < -0.4 is 10.6 Å². The molecule has 3 heterocycles. The van der Waals surface area contributed by atoms with Crippen molar-refractivity contribution >= 4 is 17.8 Å². The van der Waals surface area contributed by atoms with Crippen molar-refractivity contribution in [2.75, 3.05) is 5.32 Å². The number of rotatable bonds is 0. The van der Waals surface area contributed by atoms with Crippen molar-refractivity contribution in [2.45, 2.75) is 24.0 Å². The van der Waals surface area contributed by atoms with Crippen molar-refractivity contribution in [1.29, 1.82) is 0 Å². The second-order valence-electron chi connectivity index (χ2n) is 6.86. The van der Waals surface area contributed by atoms with Gasteiger partial charge < -0.3 is 5.32 Å². The number of hydrogen-bond acceptors (Lipinski definition) is 3. The highest BCUT2D eigenvalue weighted by molar-refractivity contribution is 6.15. The fourth-order valence-electron chi connectivity index (χ4n) is 4.86. The molecule has 5 aliphatic rings. The van der Waals surface area contributed by atoms with Crippen LogP contribution in [0.5, 0.6) is 0 Å². The Kier molecular flexibility index (Phi) is 2.23.